The zero-order valence-corrected chi connectivity index (χ0v) is 12.8. The molecule has 0 radical (unpaired) electrons. The van der Waals surface area contributed by atoms with Gasteiger partial charge in [0.15, 0.2) is 0 Å². The van der Waals surface area contributed by atoms with Gasteiger partial charge in [0.2, 0.25) is 0 Å². The minimum absolute atomic E-state index is 0.0749. The van der Waals surface area contributed by atoms with E-state index in [1.54, 1.807) is 4.57 Å². The molecule has 3 rings (SSSR count). The fourth-order valence-corrected chi connectivity index (χ4v) is 2.72. The fourth-order valence-electron chi connectivity index (χ4n) is 2.72. The predicted molar refractivity (Wildman–Crippen MR) is 91.0 cm³/mol. The van der Waals surface area contributed by atoms with E-state index in [-0.39, 0.29) is 5.56 Å². The summed E-state index contributed by atoms with van der Waals surface area (Å²) in [6, 6.07) is 20.3. The number of para-hydroxylation sites is 1. The molecule has 1 N–H and O–H groups in total. The lowest BCUT2D eigenvalue weighted by Crippen LogP contribution is -2.26. The van der Waals surface area contributed by atoms with E-state index in [1.807, 2.05) is 43.4 Å². The molecular formula is C19H20N2O. The van der Waals surface area contributed by atoms with Gasteiger partial charge >= 0.3 is 0 Å². The highest BCUT2D eigenvalue weighted by molar-refractivity contribution is 5.79. The van der Waals surface area contributed by atoms with Gasteiger partial charge in [0.05, 0.1) is 5.52 Å². The van der Waals surface area contributed by atoms with Gasteiger partial charge in [-0.25, -0.2) is 0 Å². The molecule has 0 spiro atoms. The van der Waals surface area contributed by atoms with Gasteiger partial charge in [-0.15, -0.1) is 0 Å². The molecule has 3 aromatic rings. The SMILES string of the molecule is Cn1c(=O)c(CNCCc2ccccc2)cc2ccccc21. The summed E-state index contributed by atoms with van der Waals surface area (Å²) in [7, 11) is 1.83. The van der Waals surface area contributed by atoms with E-state index in [9.17, 15) is 4.79 Å². The van der Waals surface area contributed by atoms with Crippen LogP contribution in [0.15, 0.2) is 65.5 Å². The van der Waals surface area contributed by atoms with Crippen molar-refractivity contribution >= 4 is 10.9 Å². The first-order chi connectivity index (χ1) is 10.8. The topological polar surface area (TPSA) is 34.0 Å². The Morgan fingerprint density at radius 1 is 1.00 bits per heavy atom. The standard InChI is InChI=1S/C19H20N2O/c1-21-18-10-6-5-9-16(18)13-17(19(21)22)14-20-12-11-15-7-3-2-4-8-15/h2-10,13,20H,11-12,14H2,1H3. The van der Waals surface area contributed by atoms with Crippen molar-refractivity contribution in [1.82, 2.24) is 9.88 Å². The van der Waals surface area contributed by atoms with Crippen LogP contribution in [-0.2, 0) is 20.0 Å². The van der Waals surface area contributed by atoms with Gasteiger partial charge in [0.25, 0.3) is 5.56 Å². The average Bonchev–Trinajstić information content (AvgIpc) is 2.57. The zero-order valence-electron chi connectivity index (χ0n) is 12.8. The van der Waals surface area contributed by atoms with Crippen LogP contribution in [0.5, 0.6) is 0 Å². The smallest absolute Gasteiger partial charge is 0.255 e. The van der Waals surface area contributed by atoms with Crippen molar-refractivity contribution in [2.24, 2.45) is 7.05 Å². The highest BCUT2D eigenvalue weighted by atomic mass is 16.1. The van der Waals surface area contributed by atoms with Crippen LogP contribution < -0.4 is 10.9 Å². The molecule has 3 heteroatoms. The Balaban J connectivity index is 1.69. The molecule has 3 nitrogen and oxygen atoms in total. The Kier molecular flexibility index (Phi) is 4.35. The molecule has 0 saturated heterocycles. The van der Waals surface area contributed by atoms with Crippen LogP contribution >= 0.6 is 0 Å². The third-order valence-electron chi connectivity index (χ3n) is 3.96. The summed E-state index contributed by atoms with van der Waals surface area (Å²) in [4.78, 5) is 12.4. The van der Waals surface area contributed by atoms with Crippen LogP contribution in [-0.4, -0.2) is 11.1 Å². The van der Waals surface area contributed by atoms with Gasteiger partial charge in [-0.2, -0.15) is 0 Å². The number of nitrogens with one attached hydrogen (secondary N) is 1. The predicted octanol–water partition coefficient (Wildman–Crippen LogP) is 2.87. The van der Waals surface area contributed by atoms with Crippen molar-refractivity contribution in [2.75, 3.05) is 6.54 Å². The molecule has 0 aliphatic heterocycles. The first-order valence-corrected chi connectivity index (χ1v) is 7.58. The Hall–Kier alpha value is -2.39. The van der Waals surface area contributed by atoms with Gasteiger partial charge in [-0.3, -0.25) is 4.79 Å². The van der Waals surface area contributed by atoms with E-state index in [0.29, 0.717) is 6.54 Å². The number of fused-ring (bicyclic) bond motifs is 1. The Bertz CT molecular complexity index is 822. The third-order valence-corrected chi connectivity index (χ3v) is 3.96. The van der Waals surface area contributed by atoms with Gasteiger partial charge in [0.1, 0.15) is 0 Å². The van der Waals surface area contributed by atoms with Crippen molar-refractivity contribution in [3.05, 3.63) is 82.1 Å². The molecule has 0 amide bonds. The lowest BCUT2D eigenvalue weighted by atomic mass is 10.1. The molecule has 0 saturated carbocycles. The molecule has 0 atom stereocenters. The van der Waals surface area contributed by atoms with Crippen LogP contribution in [0.3, 0.4) is 0 Å². The number of aromatic nitrogens is 1. The number of hydrogen-bond donors (Lipinski definition) is 1. The highest BCUT2D eigenvalue weighted by Crippen LogP contribution is 2.12. The molecule has 0 unspecified atom stereocenters. The third kappa shape index (κ3) is 3.10. The van der Waals surface area contributed by atoms with Crippen LogP contribution in [0.1, 0.15) is 11.1 Å². The number of hydrogen-bond acceptors (Lipinski definition) is 2. The first kappa shape index (κ1) is 14.5. The second-order valence-corrected chi connectivity index (χ2v) is 5.50. The fraction of sp³-hybridized carbons (Fsp3) is 0.211. The summed E-state index contributed by atoms with van der Waals surface area (Å²) in [5.41, 5.74) is 3.17. The average molecular weight is 292 g/mol. The molecule has 112 valence electrons. The zero-order chi connectivity index (χ0) is 15.4. The summed E-state index contributed by atoms with van der Waals surface area (Å²) < 4.78 is 1.73. The Morgan fingerprint density at radius 3 is 2.55 bits per heavy atom. The van der Waals surface area contributed by atoms with E-state index < -0.39 is 0 Å². The summed E-state index contributed by atoms with van der Waals surface area (Å²) in [6.07, 6.45) is 0.967. The second kappa shape index (κ2) is 6.58. The van der Waals surface area contributed by atoms with Gasteiger partial charge in [0, 0.05) is 19.2 Å². The summed E-state index contributed by atoms with van der Waals surface area (Å²) in [5.74, 6) is 0. The normalized spacial score (nSPS) is 11.0. The van der Waals surface area contributed by atoms with E-state index >= 15 is 0 Å². The van der Waals surface area contributed by atoms with E-state index in [1.165, 1.54) is 5.56 Å². The van der Waals surface area contributed by atoms with Gasteiger partial charge in [-0.05, 0) is 36.0 Å². The first-order valence-electron chi connectivity index (χ1n) is 7.58. The lowest BCUT2D eigenvalue weighted by molar-refractivity contribution is 0.677. The summed E-state index contributed by atoms with van der Waals surface area (Å²) in [5, 5.41) is 4.47. The number of aryl methyl sites for hydroxylation is 1. The van der Waals surface area contributed by atoms with Gasteiger partial charge < -0.3 is 9.88 Å². The number of rotatable bonds is 5. The molecule has 0 aliphatic rings. The quantitative estimate of drug-likeness (QED) is 0.734. The van der Waals surface area contributed by atoms with Crippen LogP contribution in [0.25, 0.3) is 10.9 Å². The maximum atomic E-state index is 12.4. The van der Waals surface area contributed by atoms with Crippen molar-refractivity contribution < 1.29 is 0 Å². The summed E-state index contributed by atoms with van der Waals surface area (Å²) in [6.45, 7) is 1.46. The van der Waals surface area contributed by atoms with E-state index in [2.05, 4.69) is 29.6 Å². The molecule has 0 fully saturated rings. The molecule has 22 heavy (non-hydrogen) atoms. The van der Waals surface area contributed by atoms with Crippen molar-refractivity contribution in [3.63, 3.8) is 0 Å². The summed E-state index contributed by atoms with van der Waals surface area (Å²) >= 11 is 0. The maximum Gasteiger partial charge on any atom is 0.255 e. The Labute approximate surface area is 130 Å². The van der Waals surface area contributed by atoms with E-state index in [0.717, 1.165) is 29.4 Å². The van der Waals surface area contributed by atoms with Crippen LogP contribution in [0, 0.1) is 0 Å². The van der Waals surface area contributed by atoms with Crippen LogP contribution in [0.4, 0.5) is 0 Å². The molecule has 2 aromatic carbocycles. The maximum absolute atomic E-state index is 12.4. The Morgan fingerprint density at radius 2 is 1.73 bits per heavy atom. The van der Waals surface area contributed by atoms with Crippen molar-refractivity contribution in [3.8, 4) is 0 Å². The minimum Gasteiger partial charge on any atom is -0.312 e. The number of nitrogens with zero attached hydrogens (tertiary/aromatic N) is 1. The minimum atomic E-state index is 0.0749. The number of benzene rings is 2. The largest absolute Gasteiger partial charge is 0.312 e. The van der Waals surface area contributed by atoms with Crippen molar-refractivity contribution in [1.29, 1.82) is 0 Å². The van der Waals surface area contributed by atoms with Crippen molar-refractivity contribution in [2.45, 2.75) is 13.0 Å². The molecule has 1 heterocycles. The van der Waals surface area contributed by atoms with Crippen LogP contribution in [0.2, 0.25) is 0 Å². The highest BCUT2D eigenvalue weighted by Gasteiger charge is 2.05. The molecular weight excluding hydrogens is 272 g/mol. The molecule has 0 aliphatic carbocycles. The molecule has 0 bridgehead atoms. The monoisotopic (exact) mass is 292 g/mol. The van der Waals surface area contributed by atoms with E-state index in [4.69, 9.17) is 0 Å². The van der Waals surface area contributed by atoms with Gasteiger partial charge in [-0.1, -0.05) is 48.5 Å². The lowest BCUT2D eigenvalue weighted by Gasteiger charge is -2.09. The molecule has 1 aromatic heterocycles. The number of pyridine rings is 1. The second-order valence-electron chi connectivity index (χ2n) is 5.50.